The molecule has 1 aromatic heterocycles. The SMILES string of the molecule is Cc1cc(NC(=S)Nc2ccccc2)nn1Cc1ccccc1F. The van der Waals surface area contributed by atoms with Crippen LogP contribution in [0.1, 0.15) is 11.3 Å². The minimum Gasteiger partial charge on any atom is -0.332 e. The predicted molar refractivity (Wildman–Crippen MR) is 98.8 cm³/mol. The Morgan fingerprint density at radius 2 is 1.79 bits per heavy atom. The van der Waals surface area contributed by atoms with E-state index in [4.69, 9.17) is 12.2 Å². The number of anilines is 2. The van der Waals surface area contributed by atoms with Crippen molar-refractivity contribution >= 4 is 28.8 Å². The van der Waals surface area contributed by atoms with Gasteiger partial charge in [-0.25, -0.2) is 4.39 Å². The molecule has 0 aliphatic carbocycles. The molecule has 0 fully saturated rings. The van der Waals surface area contributed by atoms with Gasteiger partial charge in [0.25, 0.3) is 0 Å². The van der Waals surface area contributed by atoms with Crippen LogP contribution >= 0.6 is 12.2 Å². The molecule has 0 spiro atoms. The second-order valence-electron chi connectivity index (χ2n) is 5.37. The predicted octanol–water partition coefficient (Wildman–Crippen LogP) is 4.19. The van der Waals surface area contributed by atoms with Crippen LogP contribution in [0.5, 0.6) is 0 Å². The number of nitrogens with one attached hydrogen (secondary N) is 2. The zero-order valence-electron chi connectivity index (χ0n) is 13.2. The molecule has 0 aliphatic heterocycles. The lowest BCUT2D eigenvalue weighted by Gasteiger charge is -2.08. The molecule has 0 saturated carbocycles. The van der Waals surface area contributed by atoms with Crippen molar-refractivity contribution in [3.8, 4) is 0 Å². The lowest BCUT2D eigenvalue weighted by Crippen LogP contribution is -2.19. The largest absolute Gasteiger partial charge is 0.332 e. The van der Waals surface area contributed by atoms with Gasteiger partial charge in [0.15, 0.2) is 10.9 Å². The quantitative estimate of drug-likeness (QED) is 0.699. The van der Waals surface area contributed by atoms with E-state index < -0.39 is 0 Å². The summed E-state index contributed by atoms with van der Waals surface area (Å²) in [6.45, 7) is 2.30. The highest BCUT2D eigenvalue weighted by Gasteiger charge is 2.08. The van der Waals surface area contributed by atoms with Gasteiger partial charge in [0.2, 0.25) is 0 Å². The lowest BCUT2D eigenvalue weighted by atomic mass is 10.2. The average Bonchev–Trinajstić information content (AvgIpc) is 2.90. The number of thiocarbonyl (C=S) groups is 1. The van der Waals surface area contributed by atoms with Gasteiger partial charge >= 0.3 is 0 Å². The normalized spacial score (nSPS) is 10.4. The molecule has 3 rings (SSSR count). The molecule has 2 N–H and O–H groups in total. The molecule has 122 valence electrons. The van der Waals surface area contributed by atoms with Crippen molar-refractivity contribution in [2.75, 3.05) is 10.6 Å². The van der Waals surface area contributed by atoms with Crippen molar-refractivity contribution in [1.82, 2.24) is 9.78 Å². The maximum absolute atomic E-state index is 13.8. The summed E-state index contributed by atoms with van der Waals surface area (Å²) in [4.78, 5) is 0. The summed E-state index contributed by atoms with van der Waals surface area (Å²) in [5.41, 5.74) is 2.42. The Hall–Kier alpha value is -2.73. The molecule has 0 saturated heterocycles. The highest BCUT2D eigenvalue weighted by molar-refractivity contribution is 7.80. The molecule has 4 nitrogen and oxygen atoms in total. The highest BCUT2D eigenvalue weighted by Crippen LogP contribution is 2.14. The first-order chi connectivity index (χ1) is 11.6. The van der Waals surface area contributed by atoms with Crippen molar-refractivity contribution in [2.24, 2.45) is 0 Å². The van der Waals surface area contributed by atoms with Gasteiger partial charge in [-0.2, -0.15) is 5.10 Å². The standard InChI is InChI=1S/C18H17FN4S/c1-13-11-17(21-18(24)20-15-8-3-2-4-9-15)22-23(13)12-14-7-5-6-10-16(14)19/h2-11H,12H2,1H3,(H2,20,21,22,24). The van der Waals surface area contributed by atoms with E-state index in [1.807, 2.05) is 49.4 Å². The van der Waals surface area contributed by atoms with Crippen LogP contribution in [0.15, 0.2) is 60.7 Å². The minimum atomic E-state index is -0.233. The van der Waals surface area contributed by atoms with E-state index in [1.54, 1.807) is 16.8 Å². The monoisotopic (exact) mass is 340 g/mol. The first-order valence-electron chi connectivity index (χ1n) is 7.53. The molecule has 0 amide bonds. The Morgan fingerprint density at radius 3 is 2.54 bits per heavy atom. The third kappa shape index (κ3) is 3.97. The van der Waals surface area contributed by atoms with E-state index in [-0.39, 0.29) is 5.82 Å². The number of rotatable bonds is 4. The fourth-order valence-corrected chi connectivity index (χ4v) is 2.54. The molecular weight excluding hydrogens is 323 g/mol. The number of hydrogen-bond acceptors (Lipinski definition) is 2. The van der Waals surface area contributed by atoms with Crippen molar-refractivity contribution in [3.63, 3.8) is 0 Å². The summed E-state index contributed by atoms with van der Waals surface area (Å²) < 4.78 is 15.5. The fraction of sp³-hybridized carbons (Fsp3) is 0.111. The third-order valence-electron chi connectivity index (χ3n) is 3.53. The zero-order chi connectivity index (χ0) is 16.9. The fourth-order valence-electron chi connectivity index (χ4n) is 2.32. The second-order valence-corrected chi connectivity index (χ2v) is 5.77. The van der Waals surface area contributed by atoms with Crippen molar-refractivity contribution < 1.29 is 4.39 Å². The van der Waals surface area contributed by atoms with Crippen LogP contribution in [-0.2, 0) is 6.54 Å². The van der Waals surface area contributed by atoms with Gasteiger partial charge in [0.05, 0.1) is 6.54 Å². The topological polar surface area (TPSA) is 41.9 Å². The van der Waals surface area contributed by atoms with Crippen LogP contribution < -0.4 is 10.6 Å². The van der Waals surface area contributed by atoms with E-state index in [0.29, 0.717) is 23.0 Å². The Morgan fingerprint density at radius 1 is 1.08 bits per heavy atom. The van der Waals surface area contributed by atoms with Gasteiger partial charge in [0.1, 0.15) is 5.82 Å². The van der Waals surface area contributed by atoms with Crippen molar-refractivity contribution in [1.29, 1.82) is 0 Å². The van der Waals surface area contributed by atoms with Gasteiger partial charge in [-0.1, -0.05) is 36.4 Å². The molecule has 0 atom stereocenters. The highest BCUT2D eigenvalue weighted by atomic mass is 32.1. The molecule has 0 bridgehead atoms. The van der Waals surface area contributed by atoms with E-state index >= 15 is 0 Å². The number of nitrogens with zero attached hydrogens (tertiary/aromatic N) is 2. The van der Waals surface area contributed by atoms with Crippen LogP contribution in [0.3, 0.4) is 0 Å². The van der Waals surface area contributed by atoms with Gasteiger partial charge < -0.3 is 10.6 Å². The van der Waals surface area contributed by atoms with E-state index in [9.17, 15) is 4.39 Å². The molecule has 0 unspecified atom stereocenters. The third-order valence-corrected chi connectivity index (χ3v) is 3.74. The summed E-state index contributed by atoms with van der Waals surface area (Å²) in [6, 6.07) is 18.2. The number of aryl methyl sites for hydroxylation is 1. The molecule has 0 aliphatic rings. The maximum Gasteiger partial charge on any atom is 0.176 e. The van der Waals surface area contributed by atoms with Crippen molar-refractivity contribution in [3.05, 3.63) is 77.7 Å². The second kappa shape index (κ2) is 7.23. The van der Waals surface area contributed by atoms with Crippen LogP contribution in [0.4, 0.5) is 15.9 Å². The van der Waals surface area contributed by atoms with E-state index in [0.717, 1.165) is 11.4 Å². The molecule has 2 aromatic carbocycles. The van der Waals surface area contributed by atoms with Crippen molar-refractivity contribution in [2.45, 2.75) is 13.5 Å². The number of aromatic nitrogens is 2. The lowest BCUT2D eigenvalue weighted by molar-refractivity contribution is 0.581. The summed E-state index contributed by atoms with van der Waals surface area (Å²) in [5, 5.41) is 11.0. The molecular formula is C18H17FN4S. The van der Waals surface area contributed by atoms with Crippen LogP contribution in [-0.4, -0.2) is 14.9 Å². The van der Waals surface area contributed by atoms with Crippen LogP contribution in [0.2, 0.25) is 0 Å². The number of benzene rings is 2. The first kappa shape index (κ1) is 16.1. The Kier molecular flexibility index (Phi) is 4.86. The first-order valence-corrected chi connectivity index (χ1v) is 7.93. The maximum atomic E-state index is 13.8. The number of para-hydroxylation sites is 1. The molecule has 0 radical (unpaired) electrons. The summed E-state index contributed by atoms with van der Waals surface area (Å²) in [7, 11) is 0. The molecule has 6 heteroatoms. The summed E-state index contributed by atoms with van der Waals surface area (Å²) in [5.74, 6) is 0.389. The van der Waals surface area contributed by atoms with Gasteiger partial charge in [-0.3, -0.25) is 4.68 Å². The van der Waals surface area contributed by atoms with Crippen LogP contribution in [0, 0.1) is 12.7 Å². The smallest absolute Gasteiger partial charge is 0.176 e. The van der Waals surface area contributed by atoms with E-state index in [2.05, 4.69) is 15.7 Å². The van der Waals surface area contributed by atoms with Gasteiger partial charge in [-0.05, 0) is 37.3 Å². The molecule has 24 heavy (non-hydrogen) atoms. The summed E-state index contributed by atoms with van der Waals surface area (Å²) in [6.07, 6.45) is 0. The zero-order valence-corrected chi connectivity index (χ0v) is 14.0. The van der Waals surface area contributed by atoms with Crippen LogP contribution in [0.25, 0.3) is 0 Å². The molecule has 3 aromatic rings. The van der Waals surface area contributed by atoms with Gasteiger partial charge in [0, 0.05) is 23.0 Å². The average molecular weight is 340 g/mol. The number of hydrogen-bond donors (Lipinski definition) is 2. The summed E-state index contributed by atoms with van der Waals surface area (Å²) >= 11 is 5.29. The molecule has 1 heterocycles. The Labute approximate surface area is 145 Å². The van der Waals surface area contributed by atoms with E-state index in [1.165, 1.54) is 6.07 Å². The Bertz CT molecular complexity index is 845. The number of halogens is 1. The van der Waals surface area contributed by atoms with Gasteiger partial charge in [-0.15, -0.1) is 0 Å². The Balaban J connectivity index is 1.68. The minimum absolute atomic E-state index is 0.233.